The molecule has 1 unspecified atom stereocenters. The van der Waals surface area contributed by atoms with Gasteiger partial charge >= 0.3 is 5.97 Å². The molecular formula is C15H22O2. The fraction of sp³-hybridized carbons (Fsp3) is 0.800. The Kier molecular flexibility index (Phi) is 2.24. The molecule has 0 aromatic rings. The zero-order valence-corrected chi connectivity index (χ0v) is 11.1. The summed E-state index contributed by atoms with van der Waals surface area (Å²) in [5.41, 5.74) is 2.99. The lowest BCUT2D eigenvalue weighted by molar-refractivity contribution is -0.136. The fourth-order valence-corrected chi connectivity index (χ4v) is 4.68. The monoisotopic (exact) mass is 234 g/mol. The van der Waals surface area contributed by atoms with Crippen molar-refractivity contribution in [3.63, 3.8) is 0 Å². The first-order valence-electron chi connectivity index (χ1n) is 6.85. The van der Waals surface area contributed by atoms with Crippen molar-refractivity contribution in [2.24, 2.45) is 16.7 Å². The van der Waals surface area contributed by atoms with E-state index in [0.717, 1.165) is 24.3 Å². The van der Waals surface area contributed by atoms with E-state index in [-0.39, 0.29) is 11.4 Å². The lowest BCUT2D eigenvalue weighted by Gasteiger charge is -2.53. The van der Waals surface area contributed by atoms with E-state index in [4.69, 9.17) is 4.74 Å². The molecule has 1 heterocycles. The van der Waals surface area contributed by atoms with Crippen molar-refractivity contribution in [1.29, 1.82) is 0 Å². The second-order valence-corrected chi connectivity index (χ2v) is 6.88. The van der Waals surface area contributed by atoms with Gasteiger partial charge < -0.3 is 4.74 Å². The van der Waals surface area contributed by atoms with Crippen molar-refractivity contribution >= 4 is 5.97 Å². The highest BCUT2D eigenvalue weighted by Crippen LogP contribution is 2.60. The molecule has 0 spiro atoms. The Bertz CT molecular complexity index is 405. The second-order valence-electron chi connectivity index (χ2n) is 6.88. The molecule has 2 atom stereocenters. The van der Waals surface area contributed by atoms with Gasteiger partial charge in [-0.1, -0.05) is 27.2 Å². The maximum Gasteiger partial charge on any atom is 0.334 e. The van der Waals surface area contributed by atoms with Crippen LogP contribution in [0.15, 0.2) is 11.1 Å². The minimum Gasteiger partial charge on any atom is -0.458 e. The topological polar surface area (TPSA) is 26.3 Å². The molecule has 0 bridgehead atoms. The van der Waals surface area contributed by atoms with Crippen LogP contribution in [-0.4, -0.2) is 12.6 Å². The van der Waals surface area contributed by atoms with Gasteiger partial charge in [-0.25, -0.2) is 4.79 Å². The normalized spacial score (nSPS) is 39.7. The summed E-state index contributed by atoms with van der Waals surface area (Å²) in [5.74, 6) is 0.681. The SMILES string of the molecule is CC1(C)CCCC2(C)C3=C(CC[C@@H]12)C(=O)OC3. The van der Waals surface area contributed by atoms with E-state index in [1.165, 1.54) is 24.8 Å². The van der Waals surface area contributed by atoms with Gasteiger partial charge in [0.2, 0.25) is 0 Å². The van der Waals surface area contributed by atoms with E-state index in [0.29, 0.717) is 12.0 Å². The van der Waals surface area contributed by atoms with Crippen LogP contribution in [0.1, 0.15) is 52.9 Å². The van der Waals surface area contributed by atoms with Crippen LogP contribution in [0.4, 0.5) is 0 Å². The number of hydrogen-bond donors (Lipinski definition) is 0. The molecule has 0 radical (unpaired) electrons. The first-order valence-corrected chi connectivity index (χ1v) is 6.85. The Balaban J connectivity index is 2.06. The molecule has 0 amide bonds. The van der Waals surface area contributed by atoms with Crippen LogP contribution in [0, 0.1) is 16.7 Å². The summed E-state index contributed by atoms with van der Waals surface area (Å²) in [6.45, 7) is 7.74. The van der Waals surface area contributed by atoms with Crippen molar-refractivity contribution in [2.45, 2.75) is 52.9 Å². The minimum absolute atomic E-state index is 0.0388. The Hall–Kier alpha value is -0.790. The lowest BCUT2D eigenvalue weighted by atomic mass is 9.50. The highest BCUT2D eigenvalue weighted by atomic mass is 16.5. The van der Waals surface area contributed by atoms with Crippen molar-refractivity contribution in [3.05, 3.63) is 11.1 Å². The molecule has 3 rings (SSSR count). The number of rotatable bonds is 0. The van der Waals surface area contributed by atoms with Gasteiger partial charge in [-0.15, -0.1) is 0 Å². The van der Waals surface area contributed by atoms with Crippen LogP contribution in [0.25, 0.3) is 0 Å². The largest absolute Gasteiger partial charge is 0.458 e. The molecule has 1 aliphatic heterocycles. The standard InChI is InChI=1S/C15H22O2/c1-14(2)7-4-8-15(3)11-9-17-13(16)10(11)5-6-12(14)15/h12H,4-9H2,1-3H3/t12-,15?/m0/s1. The highest BCUT2D eigenvalue weighted by molar-refractivity contribution is 5.92. The van der Waals surface area contributed by atoms with Gasteiger partial charge in [0.1, 0.15) is 6.61 Å². The third-order valence-corrected chi connectivity index (χ3v) is 5.56. The van der Waals surface area contributed by atoms with E-state index in [2.05, 4.69) is 20.8 Å². The van der Waals surface area contributed by atoms with E-state index >= 15 is 0 Å². The Morgan fingerprint density at radius 3 is 2.76 bits per heavy atom. The number of carbonyl (C=O) groups is 1. The summed E-state index contributed by atoms with van der Waals surface area (Å²) in [6.07, 6.45) is 5.95. The second kappa shape index (κ2) is 3.37. The van der Waals surface area contributed by atoms with Crippen LogP contribution in [0.5, 0.6) is 0 Å². The van der Waals surface area contributed by atoms with Crippen LogP contribution < -0.4 is 0 Å². The minimum atomic E-state index is -0.0388. The number of fused-ring (bicyclic) bond motifs is 2. The smallest absolute Gasteiger partial charge is 0.334 e. The van der Waals surface area contributed by atoms with Crippen molar-refractivity contribution in [1.82, 2.24) is 0 Å². The number of ether oxygens (including phenoxy) is 1. The van der Waals surface area contributed by atoms with Gasteiger partial charge in [0.05, 0.1) is 0 Å². The molecule has 0 aromatic heterocycles. The molecule has 2 heteroatoms. The molecule has 0 N–H and O–H groups in total. The van der Waals surface area contributed by atoms with Crippen LogP contribution >= 0.6 is 0 Å². The zero-order valence-electron chi connectivity index (χ0n) is 11.1. The van der Waals surface area contributed by atoms with E-state index in [1.807, 2.05) is 0 Å². The van der Waals surface area contributed by atoms with E-state index in [9.17, 15) is 4.79 Å². The van der Waals surface area contributed by atoms with Crippen molar-refractivity contribution < 1.29 is 9.53 Å². The average Bonchev–Trinajstić information content (AvgIpc) is 2.60. The number of cyclic esters (lactones) is 1. The van der Waals surface area contributed by atoms with Gasteiger partial charge in [-0.05, 0) is 48.0 Å². The summed E-state index contributed by atoms with van der Waals surface area (Å²) in [6, 6.07) is 0. The van der Waals surface area contributed by atoms with Crippen LogP contribution in [0.2, 0.25) is 0 Å². The van der Waals surface area contributed by atoms with Gasteiger partial charge in [0.15, 0.2) is 0 Å². The summed E-state index contributed by atoms with van der Waals surface area (Å²) in [7, 11) is 0. The third-order valence-electron chi connectivity index (χ3n) is 5.56. The van der Waals surface area contributed by atoms with Gasteiger partial charge in [0.25, 0.3) is 0 Å². The molecule has 1 saturated carbocycles. The molecule has 94 valence electrons. The first-order chi connectivity index (χ1) is 7.95. The average molecular weight is 234 g/mol. The predicted octanol–water partition coefficient (Wildman–Crippen LogP) is 3.47. The van der Waals surface area contributed by atoms with Crippen LogP contribution in [-0.2, 0) is 9.53 Å². The number of hydrogen-bond acceptors (Lipinski definition) is 2. The van der Waals surface area contributed by atoms with Gasteiger partial charge in [-0.3, -0.25) is 0 Å². The molecule has 0 saturated heterocycles. The Morgan fingerprint density at radius 2 is 2.00 bits per heavy atom. The zero-order chi connectivity index (χ0) is 12.3. The Labute approximate surface area is 103 Å². The third kappa shape index (κ3) is 1.42. The van der Waals surface area contributed by atoms with Gasteiger partial charge in [-0.2, -0.15) is 0 Å². The summed E-state index contributed by atoms with van der Waals surface area (Å²) < 4.78 is 5.27. The molecule has 1 fully saturated rings. The number of esters is 1. The first kappa shape index (κ1) is 11.3. The Morgan fingerprint density at radius 1 is 1.24 bits per heavy atom. The predicted molar refractivity (Wildman–Crippen MR) is 66.4 cm³/mol. The van der Waals surface area contributed by atoms with Crippen molar-refractivity contribution in [3.8, 4) is 0 Å². The molecule has 3 aliphatic rings. The summed E-state index contributed by atoms with van der Waals surface area (Å²) >= 11 is 0. The molecular weight excluding hydrogens is 212 g/mol. The molecule has 2 aliphatic carbocycles. The van der Waals surface area contributed by atoms with Crippen LogP contribution in [0.3, 0.4) is 0 Å². The van der Waals surface area contributed by atoms with Crippen molar-refractivity contribution in [2.75, 3.05) is 6.61 Å². The maximum absolute atomic E-state index is 11.7. The highest BCUT2D eigenvalue weighted by Gasteiger charge is 2.53. The maximum atomic E-state index is 11.7. The summed E-state index contributed by atoms with van der Waals surface area (Å²) in [4.78, 5) is 11.7. The van der Waals surface area contributed by atoms with E-state index < -0.39 is 0 Å². The quantitative estimate of drug-likeness (QED) is 0.600. The lowest BCUT2D eigenvalue weighted by Crippen LogP contribution is -2.45. The molecule has 0 aromatic carbocycles. The molecule has 2 nitrogen and oxygen atoms in total. The fourth-order valence-electron chi connectivity index (χ4n) is 4.68. The number of carbonyl (C=O) groups excluding carboxylic acids is 1. The summed E-state index contributed by atoms with van der Waals surface area (Å²) in [5, 5.41) is 0. The van der Waals surface area contributed by atoms with Gasteiger partial charge in [0, 0.05) is 5.57 Å². The molecule has 17 heavy (non-hydrogen) atoms. The van der Waals surface area contributed by atoms with E-state index in [1.54, 1.807) is 0 Å².